The number of anilines is 1. The second kappa shape index (κ2) is 8.99. The fourth-order valence-corrected chi connectivity index (χ4v) is 6.17. The molecule has 0 aliphatic heterocycles. The molecule has 0 spiro atoms. The Hall–Kier alpha value is -2.83. The van der Waals surface area contributed by atoms with Gasteiger partial charge in [0.2, 0.25) is 0 Å². The van der Waals surface area contributed by atoms with Crippen LogP contribution in [-0.4, -0.2) is 35.1 Å². The molecule has 1 saturated carbocycles. The van der Waals surface area contributed by atoms with Crippen LogP contribution in [0.1, 0.15) is 25.5 Å². The van der Waals surface area contributed by atoms with Gasteiger partial charge in [0.05, 0.1) is 0 Å². The summed E-state index contributed by atoms with van der Waals surface area (Å²) in [4.78, 5) is 18.3. The quantitative estimate of drug-likeness (QED) is 0.245. The third-order valence-corrected chi connectivity index (χ3v) is 10.9. The topological polar surface area (TPSA) is 79.3 Å². The van der Waals surface area contributed by atoms with Crippen molar-refractivity contribution >= 4 is 37.1 Å². The number of rotatable bonds is 7. The van der Waals surface area contributed by atoms with Crippen LogP contribution in [0.15, 0.2) is 53.5 Å². The Labute approximate surface area is 208 Å². The molecule has 6 nitrogen and oxygen atoms in total. The SMILES string of the molecule is C[CH2][Sb]([CH3])[NH]c1ccc(Oc2ccc(F)cc2F)c(-c2cn(C)c(=O)c3[nH]c(C4(O)CC4)cc23)c1. The number of halogens is 2. The van der Waals surface area contributed by atoms with Gasteiger partial charge in [-0.1, -0.05) is 0 Å². The fourth-order valence-electron chi connectivity index (χ4n) is 4.06. The predicted molar refractivity (Wildman–Crippen MR) is 134 cm³/mol. The molecule has 0 saturated heterocycles. The van der Waals surface area contributed by atoms with E-state index in [-0.39, 0.29) is 11.3 Å². The van der Waals surface area contributed by atoms with E-state index in [0.717, 1.165) is 22.2 Å². The number of H-pyrrole nitrogens is 1. The normalized spacial score (nSPS) is 14.5. The number of fused-ring (bicyclic) bond motifs is 1. The number of nitrogens with zero attached hydrogens (tertiary/aromatic N) is 1. The molecule has 3 N–H and O–H groups in total. The van der Waals surface area contributed by atoms with E-state index in [0.29, 0.717) is 46.3 Å². The number of hydrogen-bond donors (Lipinski definition) is 3. The monoisotopic (exact) mass is 587 g/mol. The Kier molecular flexibility index (Phi) is 6.14. The molecule has 0 unspecified atom stereocenters. The van der Waals surface area contributed by atoms with E-state index >= 15 is 0 Å². The summed E-state index contributed by atoms with van der Waals surface area (Å²) in [6, 6.07) is 10.6. The summed E-state index contributed by atoms with van der Waals surface area (Å²) in [5.74, 6) is -1.23. The molecule has 1 aliphatic carbocycles. The Morgan fingerprint density at radius 2 is 1.89 bits per heavy atom. The second-order valence-corrected chi connectivity index (χ2v) is 15.4. The summed E-state index contributed by atoms with van der Waals surface area (Å²) in [5.41, 5.74) is 2.10. The van der Waals surface area contributed by atoms with Gasteiger partial charge in [-0.05, 0) is 0 Å². The number of aryl methyl sites for hydroxylation is 1. The van der Waals surface area contributed by atoms with Crippen LogP contribution < -0.4 is 13.8 Å². The average Bonchev–Trinajstić information content (AvgIpc) is 3.41. The molecular formula is C26H26F2N3O3Sb. The average molecular weight is 588 g/mol. The Bertz CT molecular complexity index is 1490. The van der Waals surface area contributed by atoms with Crippen molar-refractivity contribution in [1.82, 2.24) is 9.55 Å². The molecule has 9 heteroatoms. The van der Waals surface area contributed by atoms with Crippen LogP contribution in [0.5, 0.6) is 11.5 Å². The molecule has 182 valence electrons. The van der Waals surface area contributed by atoms with Gasteiger partial charge in [0, 0.05) is 0 Å². The van der Waals surface area contributed by atoms with E-state index in [9.17, 15) is 18.7 Å². The summed E-state index contributed by atoms with van der Waals surface area (Å²) < 4.78 is 40.0. The van der Waals surface area contributed by atoms with Crippen molar-refractivity contribution in [3.8, 4) is 22.6 Å². The maximum atomic E-state index is 14.4. The van der Waals surface area contributed by atoms with Crippen LogP contribution >= 0.6 is 0 Å². The van der Waals surface area contributed by atoms with Crippen molar-refractivity contribution < 1.29 is 18.6 Å². The van der Waals surface area contributed by atoms with Crippen LogP contribution in [0.4, 0.5) is 14.5 Å². The summed E-state index contributed by atoms with van der Waals surface area (Å²) >= 11 is -1.63. The molecule has 4 aromatic rings. The van der Waals surface area contributed by atoms with Crippen LogP contribution in [0.2, 0.25) is 9.24 Å². The predicted octanol–water partition coefficient (Wildman–Crippen LogP) is 5.64. The zero-order valence-corrected chi connectivity index (χ0v) is 22.2. The van der Waals surface area contributed by atoms with Crippen LogP contribution in [0.25, 0.3) is 22.0 Å². The van der Waals surface area contributed by atoms with Gasteiger partial charge in [0.25, 0.3) is 0 Å². The summed E-state index contributed by atoms with van der Waals surface area (Å²) in [7, 11) is 1.66. The minimum atomic E-state index is -1.63. The molecule has 0 radical (unpaired) electrons. The van der Waals surface area contributed by atoms with Crippen molar-refractivity contribution in [2.45, 2.75) is 34.6 Å². The van der Waals surface area contributed by atoms with E-state index in [1.807, 2.05) is 18.2 Å². The van der Waals surface area contributed by atoms with Gasteiger partial charge < -0.3 is 0 Å². The Morgan fingerprint density at radius 1 is 1.14 bits per heavy atom. The number of hydrogen-bond acceptors (Lipinski definition) is 4. The van der Waals surface area contributed by atoms with Gasteiger partial charge in [-0.3, -0.25) is 0 Å². The van der Waals surface area contributed by atoms with Gasteiger partial charge in [0.15, 0.2) is 0 Å². The second-order valence-electron chi connectivity index (χ2n) is 8.98. The number of pyridine rings is 1. The zero-order valence-electron chi connectivity index (χ0n) is 19.7. The van der Waals surface area contributed by atoms with Crippen LogP contribution in [0.3, 0.4) is 0 Å². The Morgan fingerprint density at radius 3 is 2.57 bits per heavy atom. The molecule has 1 fully saturated rings. The zero-order chi connectivity index (χ0) is 24.9. The molecule has 0 bridgehead atoms. The van der Waals surface area contributed by atoms with Crippen molar-refractivity contribution in [2.24, 2.45) is 7.05 Å². The third-order valence-electron chi connectivity index (χ3n) is 6.37. The molecule has 5 rings (SSSR count). The molecule has 0 amide bonds. The van der Waals surface area contributed by atoms with Crippen LogP contribution in [0, 0.1) is 11.6 Å². The first-order chi connectivity index (χ1) is 16.7. The first kappa shape index (κ1) is 23.9. The van der Waals surface area contributed by atoms with E-state index < -0.39 is 37.7 Å². The summed E-state index contributed by atoms with van der Waals surface area (Å²) in [5, 5.41) is 11.3. The van der Waals surface area contributed by atoms with Gasteiger partial charge in [-0.2, -0.15) is 0 Å². The standard InChI is InChI=1S/C23H18F2N3O3.C2H5.CH3.Sb/c1-28-11-16(15-10-20(23(30)6-7-23)27-21(15)22(28)29)14-9-13(26)3-5-18(14)31-19-4-2-12(24)8-17(19)25;1-2;;/h2-5,8-11,26,30H,6-7H2,1H3,(H,27,29);1H2,2H3;1H3;/q-1;;;+1. The van der Waals surface area contributed by atoms with Crippen molar-refractivity contribution in [1.29, 1.82) is 0 Å². The molecule has 1 aliphatic rings. The van der Waals surface area contributed by atoms with E-state index in [4.69, 9.17) is 4.74 Å². The van der Waals surface area contributed by atoms with Crippen molar-refractivity contribution in [2.75, 3.05) is 3.48 Å². The molecule has 2 heterocycles. The molecule has 0 atom stereocenters. The molecule has 35 heavy (non-hydrogen) atoms. The fraction of sp³-hybridized carbons (Fsp3) is 0.269. The molecule has 2 aromatic heterocycles. The summed E-state index contributed by atoms with van der Waals surface area (Å²) in [6.07, 6.45) is 2.98. The Balaban J connectivity index is 1.71. The minimum absolute atomic E-state index is 0.101. The maximum absolute atomic E-state index is 14.4. The van der Waals surface area contributed by atoms with E-state index in [1.54, 1.807) is 19.3 Å². The van der Waals surface area contributed by atoms with Gasteiger partial charge in [-0.15, -0.1) is 0 Å². The van der Waals surface area contributed by atoms with Crippen molar-refractivity contribution in [3.63, 3.8) is 0 Å². The van der Waals surface area contributed by atoms with E-state index in [2.05, 4.69) is 20.3 Å². The number of aliphatic hydroxyl groups is 1. The summed E-state index contributed by atoms with van der Waals surface area (Å²) in [6.45, 7) is 2.16. The first-order valence-corrected chi connectivity index (χ1v) is 17.0. The van der Waals surface area contributed by atoms with Crippen molar-refractivity contribution in [3.05, 3.63) is 76.3 Å². The van der Waals surface area contributed by atoms with Gasteiger partial charge >= 0.3 is 209 Å². The van der Waals surface area contributed by atoms with Gasteiger partial charge in [-0.25, -0.2) is 0 Å². The third kappa shape index (κ3) is 4.57. The molecular weight excluding hydrogens is 562 g/mol. The number of benzene rings is 2. The molecule has 2 aromatic carbocycles. The number of nitrogens with one attached hydrogen (secondary N) is 2. The van der Waals surface area contributed by atoms with Gasteiger partial charge in [0.1, 0.15) is 0 Å². The van der Waals surface area contributed by atoms with E-state index in [1.165, 1.54) is 10.6 Å². The number of aromatic nitrogens is 2. The number of ether oxygens (including phenoxy) is 1. The first-order valence-electron chi connectivity index (χ1n) is 11.4. The van der Waals surface area contributed by atoms with Crippen LogP contribution in [-0.2, 0) is 12.6 Å². The number of aromatic amines is 1.